The molecule has 0 saturated carbocycles. The van der Waals surface area contributed by atoms with Gasteiger partial charge in [-0.1, -0.05) is 0 Å². The average molecular weight is 344 g/mol. The summed E-state index contributed by atoms with van der Waals surface area (Å²) in [6, 6.07) is 6.41. The Hall–Kier alpha value is -2.74. The van der Waals surface area contributed by atoms with Crippen molar-refractivity contribution in [2.24, 2.45) is 0 Å². The van der Waals surface area contributed by atoms with Gasteiger partial charge in [-0.05, 0) is 18.6 Å². The van der Waals surface area contributed by atoms with Crippen molar-refractivity contribution in [2.45, 2.75) is 25.5 Å². The molecule has 0 spiro atoms. The summed E-state index contributed by atoms with van der Waals surface area (Å²) in [5.41, 5.74) is 0.311. The maximum absolute atomic E-state index is 12.1. The number of aromatic nitrogens is 3. The fourth-order valence-electron chi connectivity index (χ4n) is 2.45. The minimum Gasteiger partial charge on any atom is -0.472 e. The highest BCUT2D eigenvalue weighted by atomic mass is 16.5. The molecule has 8 nitrogen and oxygen atoms in total. The molecule has 2 aromatic rings. The van der Waals surface area contributed by atoms with E-state index < -0.39 is 0 Å². The number of nitrogens with zero attached hydrogens (tertiary/aromatic N) is 3. The minimum atomic E-state index is -0.211. The Morgan fingerprint density at radius 2 is 2.32 bits per heavy atom. The number of carbonyl (C=O) groups is 1. The Kier molecular flexibility index (Phi) is 5.73. The first-order valence-corrected chi connectivity index (χ1v) is 8.23. The summed E-state index contributed by atoms with van der Waals surface area (Å²) in [5, 5.41) is 6.76. The Morgan fingerprint density at radius 1 is 1.40 bits per heavy atom. The zero-order valence-electron chi connectivity index (χ0n) is 13.8. The molecule has 1 fully saturated rings. The first kappa shape index (κ1) is 17.1. The predicted molar refractivity (Wildman–Crippen MR) is 89.5 cm³/mol. The fraction of sp³-hybridized carbons (Fsp3) is 0.412. The second-order valence-corrected chi connectivity index (χ2v) is 5.68. The third kappa shape index (κ3) is 4.87. The Labute approximate surface area is 144 Å². The molecule has 1 atom stereocenters. The van der Waals surface area contributed by atoms with Crippen LogP contribution < -0.4 is 15.6 Å². The van der Waals surface area contributed by atoms with Crippen LogP contribution >= 0.6 is 0 Å². The molecular formula is C17H20N4O4. The largest absolute Gasteiger partial charge is 0.472 e. The minimum absolute atomic E-state index is 0.0298. The number of ether oxygens (including phenoxy) is 2. The molecule has 2 aromatic heterocycles. The summed E-state index contributed by atoms with van der Waals surface area (Å²) in [5.74, 6) is 0.276. The van der Waals surface area contributed by atoms with E-state index in [2.05, 4.69) is 15.4 Å². The van der Waals surface area contributed by atoms with E-state index in [4.69, 9.17) is 9.47 Å². The van der Waals surface area contributed by atoms with E-state index in [9.17, 15) is 9.59 Å². The summed E-state index contributed by atoms with van der Waals surface area (Å²) in [4.78, 5) is 27.7. The molecule has 3 rings (SSSR count). The maximum Gasteiger partial charge on any atom is 0.266 e. The fourth-order valence-corrected chi connectivity index (χ4v) is 2.45. The molecule has 0 radical (unpaired) electrons. The van der Waals surface area contributed by atoms with Crippen LogP contribution in [-0.2, 0) is 11.3 Å². The number of hydrogen-bond acceptors (Lipinski definition) is 6. The van der Waals surface area contributed by atoms with Gasteiger partial charge in [-0.15, -0.1) is 0 Å². The number of nitrogens with one attached hydrogen (secondary N) is 1. The lowest BCUT2D eigenvalue weighted by Crippen LogP contribution is -2.27. The molecule has 1 aliphatic rings. The highest BCUT2D eigenvalue weighted by Gasteiger charge is 2.17. The van der Waals surface area contributed by atoms with Crippen molar-refractivity contribution in [3.8, 4) is 5.88 Å². The van der Waals surface area contributed by atoms with Gasteiger partial charge in [0, 0.05) is 44.0 Å². The quantitative estimate of drug-likeness (QED) is 0.740. The molecule has 3 heterocycles. The van der Waals surface area contributed by atoms with Gasteiger partial charge in [0.15, 0.2) is 0 Å². The van der Waals surface area contributed by atoms with Crippen LogP contribution in [0.3, 0.4) is 0 Å². The lowest BCUT2D eigenvalue weighted by molar-refractivity contribution is 0.0952. The van der Waals surface area contributed by atoms with Gasteiger partial charge in [-0.2, -0.15) is 5.10 Å². The first-order chi connectivity index (χ1) is 12.2. The number of hydrogen-bond donors (Lipinski definition) is 1. The number of aryl methyl sites for hydroxylation is 1. The van der Waals surface area contributed by atoms with Gasteiger partial charge < -0.3 is 14.8 Å². The molecule has 8 heteroatoms. The molecule has 1 saturated heterocycles. The summed E-state index contributed by atoms with van der Waals surface area (Å²) in [6.45, 7) is 2.17. The van der Waals surface area contributed by atoms with Gasteiger partial charge in [0.1, 0.15) is 6.10 Å². The zero-order valence-corrected chi connectivity index (χ0v) is 13.8. The van der Waals surface area contributed by atoms with Crippen LogP contribution in [0.4, 0.5) is 0 Å². The summed E-state index contributed by atoms with van der Waals surface area (Å²) >= 11 is 0. The van der Waals surface area contributed by atoms with Crippen molar-refractivity contribution in [1.29, 1.82) is 0 Å². The van der Waals surface area contributed by atoms with E-state index in [-0.39, 0.29) is 17.6 Å². The summed E-state index contributed by atoms with van der Waals surface area (Å²) in [6.07, 6.45) is 4.54. The van der Waals surface area contributed by atoms with Crippen LogP contribution in [0.2, 0.25) is 0 Å². The number of pyridine rings is 1. The lowest BCUT2D eigenvalue weighted by Gasteiger charge is -2.11. The molecule has 0 aromatic carbocycles. The molecule has 132 valence electrons. The van der Waals surface area contributed by atoms with Crippen LogP contribution in [0.15, 0.2) is 41.5 Å². The SMILES string of the molecule is O=C(NCCCn1ncccc1=O)c1ccc(OC2CCOC2)nc1. The first-order valence-electron chi connectivity index (χ1n) is 8.23. The molecule has 25 heavy (non-hydrogen) atoms. The van der Waals surface area contributed by atoms with Gasteiger partial charge in [0.2, 0.25) is 5.88 Å². The van der Waals surface area contributed by atoms with Gasteiger partial charge in [0.05, 0.1) is 18.8 Å². The smallest absolute Gasteiger partial charge is 0.266 e. The number of amides is 1. The monoisotopic (exact) mass is 344 g/mol. The summed E-state index contributed by atoms with van der Waals surface area (Å²) in [7, 11) is 0. The van der Waals surface area contributed by atoms with Gasteiger partial charge in [-0.25, -0.2) is 9.67 Å². The van der Waals surface area contributed by atoms with Crippen LogP contribution in [0.25, 0.3) is 0 Å². The van der Waals surface area contributed by atoms with Crippen molar-refractivity contribution in [1.82, 2.24) is 20.1 Å². The van der Waals surface area contributed by atoms with E-state index in [1.54, 1.807) is 24.4 Å². The second kappa shape index (κ2) is 8.39. The lowest BCUT2D eigenvalue weighted by atomic mass is 10.2. The Morgan fingerprint density at radius 3 is 3.04 bits per heavy atom. The number of rotatable bonds is 7. The summed E-state index contributed by atoms with van der Waals surface area (Å²) < 4.78 is 12.3. The van der Waals surface area contributed by atoms with E-state index in [0.29, 0.717) is 44.2 Å². The third-order valence-corrected chi connectivity index (χ3v) is 3.79. The second-order valence-electron chi connectivity index (χ2n) is 5.68. The highest BCUT2D eigenvalue weighted by molar-refractivity contribution is 5.93. The van der Waals surface area contributed by atoms with Crippen LogP contribution in [0.5, 0.6) is 5.88 Å². The van der Waals surface area contributed by atoms with Crippen LogP contribution in [0, 0.1) is 0 Å². The van der Waals surface area contributed by atoms with Gasteiger partial charge in [-0.3, -0.25) is 9.59 Å². The van der Waals surface area contributed by atoms with Crippen LogP contribution in [-0.4, -0.2) is 46.5 Å². The zero-order chi connectivity index (χ0) is 17.5. The molecule has 1 amide bonds. The van der Waals surface area contributed by atoms with Crippen molar-refractivity contribution < 1.29 is 14.3 Å². The molecule has 1 N–H and O–H groups in total. The number of carbonyl (C=O) groups excluding carboxylic acids is 1. The van der Waals surface area contributed by atoms with Crippen molar-refractivity contribution in [3.05, 3.63) is 52.6 Å². The van der Waals surface area contributed by atoms with E-state index in [1.807, 2.05) is 0 Å². The Bertz CT molecular complexity index is 754. The average Bonchev–Trinajstić information content (AvgIpc) is 3.13. The molecule has 0 bridgehead atoms. The molecule has 1 aliphatic heterocycles. The van der Waals surface area contributed by atoms with Crippen molar-refractivity contribution in [2.75, 3.05) is 19.8 Å². The Balaban J connectivity index is 1.43. The topological polar surface area (TPSA) is 95.3 Å². The highest BCUT2D eigenvalue weighted by Crippen LogP contribution is 2.14. The standard InChI is InChI=1S/C17H20N4O4/c22-16-3-1-8-20-21(16)9-2-7-18-17(23)13-4-5-15(19-11-13)25-14-6-10-24-12-14/h1,3-5,8,11,14H,2,6-7,9-10,12H2,(H,18,23). The molecule has 0 aliphatic carbocycles. The van der Waals surface area contributed by atoms with E-state index in [0.717, 1.165) is 6.42 Å². The van der Waals surface area contributed by atoms with Crippen molar-refractivity contribution in [3.63, 3.8) is 0 Å². The van der Waals surface area contributed by atoms with E-state index >= 15 is 0 Å². The third-order valence-electron chi connectivity index (χ3n) is 3.79. The van der Waals surface area contributed by atoms with E-state index in [1.165, 1.54) is 16.9 Å². The molecular weight excluding hydrogens is 324 g/mol. The van der Waals surface area contributed by atoms with Gasteiger partial charge in [0.25, 0.3) is 11.5 Å². The molecule has 1 unspecified atom stereocenters. The van der Waals surface area contributed by atoms with Crippen molar-refractivity contribution >= 4 is 5.91 Å². The van der Waals surface area contributed by atoms with Gasteiger partial charge >= 0.3 is 0 Å². The van der Waals surface area contributed by atoms with Crippen LogP contribution in [0.1, 0.15) is 23.2 Å². The maximum atomic E-state index is 12.1. The normalized spacial score (nSPS) is 16.6. The predicted octanol–water partition coefficient (Wildman–Crippen LogP) is 0.626.